The molecule has 1 aromatic heterocycles. The van der Waals surface area contributed by atoms with E-state index in [1.54, 1.807) is 23.3 Å². The maximum absolute atomic E-state index is 12.6. The molecule has 146 valence electrons. The van der Waals surface area contributed by atoms with Crippen LogP contribution in [0, 0.1) is 6.92 Å². The fourth-order valence-corrected chi connectivity index (χ4v) is 4.91. The van der Waals surface area contributed by atoms with Crippen molar-refractivity contribution >= 4 is 45.0 Å². The third-order valence-electron chi connectivity index (χ3n) is 4.52. The Bertz CT molecular complexity index is 1120. The van der Waals surface area contributed by atoms with Gasteiger partial charge in [-0.05, 0) is 85.4 Å². The van der Waals surface area contributed by atoms with Crippen molar-refractivity contribution in [3.05, 3.63) is 94.9 Å². The van der Waals surface area contributed by atoms with Crippen molar-refractivity contribution in [2.24, 2.45) is 0 Å². The molecular formula is C24H22N2OS2. The molecule has 0 spiro atoms. The standard InChI is InChI=1S/C24H22N2OS2/c1-17-14-20-15-21(10-13-23(20)28-17)25-24(27)19-8-11-22(12-9-19)29-26(2)16-18-6-4-3-5-7-18/h3-15H,16H2,1-2H3,(H,25,27). The molecule has 0 aliphatic carbocycles. The molecule has 4 aromatic rings. The summed E-state index contributed by atoms with van der Waals surface area (Å²) in [6.45, 7) is 2.96. The van der Waals surface area contributed by atoms with Crippen LogP contribution >= 0.6 is 23.3 Å². The van der Waals surface area contributed by atoms with Gasteiger partial charge in [0, 0.05) is 32.3 Å². The molecule has 0 aliphatic rings. The van der Waals surface area contributed by atoms with E-state index in [1.165, 1.54) is 20.5 Å². The van der Waals surface area contributed by atoms with Crippen molar-refractivity contribution in [2.45, 2.75) is 18.4 Å². The average Bonchev–Trinajstić information content (AvgIpc) is 3.08. The molecule has 0 aliphatic heterocycles. The number of fused-ring (bicyclic) bond motifs is 1. The molecule has 3 nitrogen and oxygen atoms in total. The van der Waals surface area contributed by atoms with Crippen LogP contribution in [0.4, 0.5) is 5.69 Å². The Balaban J connectivity index is 1.38. The molecule has 3 aromatic carbocycles. The van der Waals surface area contributed by atoms with Gasteiger partial charge in [0.15, 0.2) is 0 Å². The second-order valence-electron chi connectivity index (χ2n) is 6.95. The van der Waals surface area contributed by atoms with Gasteiger partial charge in [-0.1, -0.05) is 30.3 Å². The monoisotopic (exact) mass is 418 g/mol. The summed E-state index contributed by atoms with van der Waals surface area (Å²) in [5.74, 6) is -0.0921. The summed E-state index contributed by atoms with van der Waals surface area (Å²) in [5.41, 5.74) is 2.75. The van der Waals surface area contributed by atoms with Crippen LogP contribution in [0.25, 0.3) is 10.1 Å². The fraction of sp³-hybridized carbons (Fsp3) is 0.125. The van der Waals surface area contributed by atoms with Crippen LogP contribution in [-0.4, -0.2) is 17.3 Å². The van der Waals surface area contributed by atoms with Crippen LogP contribution in [0.2, 0.25) is 0 Å². The minimum Gasteiger partial charge on any atom is -0.322 e. The van der Waals surface area contributed by atoms with Crippen molar-refractivity contribution in [1.29, 1.82) is 0 Å². The first kappa shape index (κ1) is 19.7. The van der Waals surface area contributed by atoms with E-state index in [4.69, 9.17) is 0 Å². The number of benzene rings is 3. The third-order valence-corrected chi connectivity index (χ3v) is 6.48. The van der Waals surface area contributed by atoms with Gasteiger partial charge < -0.3 is 5.32 Å². The van der Waals surface area contributed by atoms with Gasteiger partial charge in [0.05, 0.1) is 0 Å². The van der Waals surface area contributed by atoms with Crippen LogP contribution in [-0.2, 0) is 6.54 Å². The number of amides is 1. The molecule has 5 heteroatoms. The number of nitrogens with one attached hydrogen (secondary N) is 1. The van der Waals surface area contributed by atoms with Crippen LogP contribution in [0.3, 0.4) is 0 Å². The Morgan fingerprint density at radius 3 is 2.52 bits per heavy atom. The molecule has 1 heterocycles. The van der Waals surface area contributed by atoms with E-state index in [0.29, 0.717) is 5.56 Å². The number of anilines is 1. The van der Waals surface area contributed by atoms with Gasteiger partial charge in [0.2, 0.25) is 0 Å². The van der Waals surface area contributed by atoms with E-state index < -0.39 is 0 Å². The number of nitrogens with zero attached hydrogens (tertiary/aromatic N) is 1. The minimum absolute atomic E-state index is 0.0921. The van der Waals surface area contributed by atoms with Crippen molar-refractivity contribution in [1.82, 2.24) is 4.31 Å². The second-order valence-corrected chi connectivity index (χ2v) is 9.52. The highest BCUT2D eigenvalue weighted by atomic mass is 32.2. The Hall–Kier alpha value is -2.60. The molecule has 0 unspecified atom stereocenters. The molecule has 0 saturated heterocycles. The number of hydrogen-bond donors (Lipinski definition) is 1. The van der Waals surface area contributed by atoms with Crippen LogP contribution in [0.15, 0.2) is 83.8 Å². The molecule has 0 saturated carbocycles. The van der Waals surface area contributed by atoms with Gasteiger partial charge in [-0.25, -0.2) is 4.31 Å². The lowest BCUT2D eigenvalue weighted by atomic mass is 10.2. The lowest BCUT2D eigenvalue weighted by Gasteiger charge is -2.15. The number of carbonyl (C=O) groups excluding carboxylic acids is 1. The summed E-state index contributed by atoms with van der Waals surface area (Å²) in [4.78, 5) is 15.0. The van der Waals surface area contributed by atoms with E-state index >= 15 is 0 Å². The van der Waals surface area contributed by atoms with Crippen molar-refractivity contribution in [3.63, 3.8) is 0 Å². The van der Waals surface area contributed by atoms with Gasteiger partial charge in [0.1, 0.15) is 0 Å². The molecule has 4 rings (SSSR count). The quantitative estimate of drug-likeness (QED) is 0.358. The van der Waals surface area contributed by atoms with Gasteiger partial charge in [-0.2, -0.15) is 0 Å². The van der Waals surface area contributed by atoms with Gasteiger partial charge >= 0.3 is 0 Å². The molecule has 29 heavy (non-hydrogen) atoms. The molecule has 1 N–H and O–H groups in total. The van der Waals surface area contributed by atoms with Gasteiger partial charge in [-0.3, -0.25) is 4.79 Å². The lowest BCUT2D eigenvalue weighted by molar-refractivity contribution is 0.102. The Kier molecular flexibility index (Phi) is 6.00. The summed E-state index contributed by atoms with van der Waals surface area (Å²) in [6, 6.07) is 26.3. The SMILES string of the molecule is Cc1cc2cc(NC(=O)c3ccc(SN(C)Cc4ccccc4)cc3)ccc2s1. The van der Waals surface area contributed by atoms with Crippen LogP contribution in [0.5, 0.6) is 0 Å². The Labute approximate surface area is 179 Å². The van der Waals surface area contributed by atoms with Crippen LogP contribution in [0.1, 0.15) is 20.8 Å². The van der Waals surface area contributed by atoms with Crippen molar-refractivity contribution < 1.29 is 4.79 Å². The first-order valence-corrected chi connectivity index (χ1v) is 11.0. The molecule has 0 radical (unpaired) electrons. The Morgan fingerprint density at radius 2 is 1.76 bits per heavy atom. The first-order chi connectivity index (χ1) is 14.1. The number of hydrogen-bond acceptors (Lipinski definition) is 4. The van der Waals surface area contributed by atoms with Gasteiger partial charge in [0.25, 0.3) is 5.91 Å². The normalized spacial score (nSPS) is 11.1. The smallest absolute Gasteiger partial charge is 0.255 e. The molecule has 1 amide bonds. The highest BCUT2D eigenvalue weighted by Crippen LogP contribution is 2.28. The van der Waals surface area contributed by atoms with Gasteiger partial charge in [-0.15, -0.1) is 11.3 Å². The van der Waals surface area contributed by atoms with Crippen LogP contribution < -0.4 is 5.32 Å². The fourth-order valence-electron chi connectivity index (χ4n) is 3.18. The highest BCUT2D eigenvalue weighted by Gasteiger charge is 2.09. The second kappa shape index (κ2) is 8.82. The van der Waals surface area contributed by atoms with Crippen molar-refractivity contribution in [2.75, 3.05) is 12.4 Å². The zero-order chi connectivity index (χ0) is 20.2. The highest BCUT2D eigenvalue weighted by molar-refractivity contribution is 7.97. The third kappa shape index (κ3) is 5.07. The van der Waals surface area contributed by atoms with E-state index in [2.05, 4.69) is 60.0 Å². The number of rotatable bonds is 6. The predicted octanol–water partition coefficient (Wildman–Crippen LogP) is 6.60. The largest absolute Gasteiger partial charge is 0.322 e. The zero-order valence-corrected chi connectivity index (χ0v) is 18.0. The summed E-state index contributed by atoms with van der Waals surface area (Å²) in [7, 11) is 2.07. The lowest BCUT2D eigenvalue weighted by Crippen LogP contribution is -2.12. The predicted molar refractivity (Wildman–Crippen MR) is 125 cm³/mol. The molecule has 0 fully saturated rings. The summed E-state index contributed by atoms with van der Waals surface area (Å²) in [5, 5.41) is 4.17. The molecule has 0 bridgehead atoms. The van der Waals surface area contributed by atoms with E-state index in [0.717, 1.165) is 17.1 Å². The topological polar surface area (TPSA) is 32.3 Å². The maximum Gasteiger partial charge on any atom is 0.255 e. The maximum atomic E-state index is 12.6. The first-order valence-electron chi connectivity index (χ1n) is 9.41. The summed E-state index contributed by atoms with van der Waals surface area (Å²) >= 11 is 3.43. The van der Waals surface area contributed by atoms with E-state index in [1.807, 2.05) is 42.5 Å². The molecular weight excluding hydrogens is 396 g/mol. The molecule has 0 atom stereocenters. The number of thiophene rings is 1. The summed E-state index contributed by atoms with van der Waals surface area (Å²) in [6.07, 6.45) is 0. The zero-order valence-electron chi connectivity index (χ0n) is 16.4. The van der Waals surface area contributed by atoms with E-state index in [-0.39, 0.29) is 5.91 Å². The minimum atomic E-state index is -0.0921. The van der Waals surface area contributed by atoms with Crippen molar-refractivity contribution in [3.8, 4) is 0 Å². The number of carbonyl (C=O) groups is 1. The average molecular weight is 419 g/mol. The Morgan fingerprint density at radius 1 is 1.00 bits per heavy atom. The summed E-state index contributed by atoms with van der Waals surface area (Å²) < 4.78 is 3.42. The van der Waals surface area contributed by atoms with E-state index in [9.17, 15) is 4.79 Å². The number of aryl methyl sites for hydroxylation is 1.